The third kappa shape index (κ3) is 3.56. The summed E-state index contributed by atoms with van der Waals surface area (Å²) in [6.45, 7) is 5.06. The van der Waals surface area contributed by atoms with Gasteiger partial charge in [0.15, 0.2) is 0 Å². The zero-order valence-corrected chi connectivity index (χ0v) is 12.2. The molecule has 1 atom stereocenters. The maximum atomic E-state index is 5.85. The molecule has 2 aromatic heterocycles. The second kappa shape index (κ2) is 6.70. The first-order valence-corrected chi connectivity index (χ1v) is 7.25. The molecule has 2 heterocycles. The molecule has 0 spiro atoms. The highest BCUT2D eigenvalue weighted by Crippen LogP contribution is 2.15. The fourth-order valence-electron chi connectivity index (χ4n) is 2.22. The van der Waals surface area contributed by atoms with Gasteiger partial charge in [0.25, 0.3) is 5.78 Å². The normalized spacial score (nSPS) is 12.8. The molecule has 19 heavy (non-hydrogen) atoms. The SMILES string of the molecule is CCCC(CCCl)CNc1cc(C)nc2ncnn12. The van der Waals surface area contributed by atoms with Gasteiger partial charge >= 0.3 is 0 Å². The number of nitrogens with zero attached hydrogens (tertiary/aromatic N) is 4. The number of anilines is 1. The van der Waals surface area contributed by atoms with Crippen LogP contribution >= 0.6 is 11.6 Å². The van der Waals surface area contributed by atoms with Gasteiger partial charge in [0, 0.05) is 24.2 Å². The molecule has 0 radical (unpaired) electrons. The number of alkyl halides is 1. The summed E-state index contributed by atoms with van der Waals surface area (Å²) in [5, 5.41) is 7.63. The lowest BCUT2D eigenvalue weighted by Gasteiger charge is -2.16. The van der Waals surface area contributed by atoms with Crippen LogP contribution in [0.2, 0.25) is 0 Å². The zero-order valence-electron chi connectivity index (χ0n) is 11.4. The average Bonchev–Trinajstić information content (AvgIpc) is 2.84. The Balaban J connectivity index is 2.09. The van der Waals surface area contributed by atoms with Crippen molar-refractivity contribution in [3.63, 3.8) is 0 Å². The second-order valence-electron chi connectivity index (χ2n) is 4.77. The Morgan fingerprint density at radius 2 is 2.26 bits per heavy atom. The van der Waals surface area contributed by atoms with E-state index in [9.17, 15) is 0 Å². The van der Waals surface area contributed by atoms with Crippen LogP contribution in [-0.2, 0) is 0 Å². The molecule has 104 valence electrons. The first kappa shape index (κ1) is 14.1. The molecule has 1 N–H and O–H groups in total. The number of nitrogens with one attached hydrogen (secondary N) is 1. The van der Waals surface area contributed by atoms with Crippen LogP contribution in [0.3, 0.4) is 0 Å². The molecule has 0 aliphatic carbocycles. The largest absolute Gasteiger partial charge is 0.370 e. The predicted octanol–water partition coefficient (Wildman–Crippen LogP) is 2.89. The number of aryl methyl sites for hydroxylation is 1. The van der Waals surface area contributed by atoms with Crippen molar-refractivity contribution in [1.82, 2.24) is 19.6 Å². The van der Waals surface area contributed by atoms with Crippen molar-refractivity contribution in [2.75, 3.05) is 17.7 Å². The van der Waals surface area contributed by atoms with Crippen molar-refractivity contribution in [2.45, 2.75) is 33.1 Å². The van der Waals surface area contributed by atoms with Gasteiger partial charge in [0.1, 0.15) is 12.1 Å². The highest BCUT2D eigenvalue weighted by molar-refractivity contribution is 6.17. The minimum absolute atomic E-state index is 0.592. The summed E-state index contributed by atoms with van der Waals surface area (Å²) in [5.41, 5.74) is 0.937. The number of rotatable bonds is 7. The standard InChI is InChI=1S/C13H20ClN5/c1-3-4-11(5-6-14)8-15-12-7-10(2)18-13-16-9-17-19(12)13/h7,9,11,15H,3-6,8H2,1-2H3. The van der Waals surface area contributed by atoms with Crippen molar-refractivity contribution in [2.24, 2.45) is 5.92 Å². The first-order chi connectivity index (χ1) is 9.24. The Hall–Kier alpha value is -1.36. The van der Waals surface area contributed by atoms with Crippen LogP contribution in [0.25, 0.3) is 5.78 Å². The van der Waals surface area contributed by atoms with Gasteiger partial charge in [-0.15, -0.1) is 11.6 Å². The number of hydrogen-bond donors (Lipinski definition) is 1. The molecule has 0 saturated carbocycles. The third-order valence-corrected chi connectivity index (χ3v) is 3.38. The van der Waals surface area contributed by atoms with E-state index in [1.165, 1.54) is 19.2 Å². The van der Waals surface area contributed by atoms with E-state index < -0.39 is 0 Å². The van der Waals surface area contributed by atoms with Crippen LogP contribution in [-0.4, -0.2) is 32.0 Å². The van der Waals surface area contributed by atoms with E-state index in [1.54, 1.807) is 4.52 Å². The summed E-state index contributed by atoms with van der Waals surface area (Å²) >= 11 is 5.85. The Kier molecular flexibility index (Phi) is 4.96. The molecular weight excluding hydrogens is 262 g/mol. The summed E-state index contributed by atoms with van der Waals surface area (Å²) < 4.78 is 1.73. The Labute approximate surface area is 118 Å². The van der Waals surface area contributed by atoms with Crippen LogP contribution in [0.1, 0.15) is 31.9 Å². The van der Waals surface area contributed by atoms with E-state index in [2.05, 4.69) is 27.3 Å². The van der Waals surface area contributed by atoms with Crippen LogP contribution in [0.4, 0.5) is 5.82 Å². The van der Waals surface area contributed by atoms with Gasteiger partial charge in [-0.2, -0.15) is 14.6 Å². The van der Waals surface area contributed by atoms with Gasteiger partial charge in [-0.05, 0) is 25.7 Å². The van der Waals surface area contributed by atoms with Gasteiger partial charge in [-0.25, -0.2) is 4.98 Å². The molecule has 0 fully saturated rings. The third-order valence-electron chi connectivity index (χ3n) is 3.17. The maximum absolute atomic E-state index is 5.85. The Morgan fingerprint density at radius 1 is 1.42 bits per heavy atom. The fourth-order valence-corrected chi connectivity index (χ4v) is 2.53. The maximum Gasteiger partial charge on any atom is 0.254 e. The van der Waals surface area contributed by atoms with Gasteiger partial charge in [-0.3, -0.25) is 0 Å². The number of aromatic nitrogens is 4. The van der Waals surface area contributed by atoms with E-state index in [-0.39, 0.29) is 0 Å². The number of fused-ring (bicyclic) bond motifs is 1. The summed E-state index contributed by atoms with van der Waals surface area (Å²) in [4.78, 5) is 8.44. The molecule has 0 amide bonds. The van der Waals surface area contributed by atoms with Crippen LogP contribution in [0.15, 0.2) is 12.4 Å². The minimum atomic E-state index is 0.592. The van der Waals surface area contributed by atoms with Crippen LogP contribution in [0, 0.1) is 12.8 Å². The van der Waals surface area contributed by atoms with E-state index >= 15 is 0 Å². The molecule has 0 bridgehead atoms. The fraction of sp³-hybridized carbons (Fsp3) is 0.615. The molecular formula is C13H20ClN5. The molecule has 2 rings (SSSR count). The zero-order chi connectivity index (χ0) is 13.7. The van der Waals surface area contributed by atoms with Crippen molar-refractivity contribution in [1.29, 1.82) is 0 Å². The molecule has 1 unspecified atom stereocenters. The highest BCUT2D eigenvalue weighted by Gasteiger charge is 2.10. The molecule has 2 aromatic rings. The van der Waals surface area contributed by atoms with Crippen molar-refractivity contribution in [3.05, 3.63) is 18.1 Å². The lowest BCUT2D eigenvalue weighted by atomic mass is 10.0. The molecule has 0 saturated heterocycles. The van der Waals surface area contributed by atoms with Gasteiger partial charge in [0.2, 0.25) is 0 Å². The molecule has 5 nitrogen and oxygen atoms in total. The second-order valence-corrected chi connectivity index (χ2v) is 5.15. The quantitative estimate of drug-likeness (QED) is 0.793. The minimum Gasteiger partial charge on any atom is -0.370 e. The van der Waals surface area contributed by atoms with Gasteiger partial charge in [0.05, 0.1) is 0 Å². The van der Waals surface area contributed by atoms with Gasteiger partial charge in [-0.1, -0.05) is 13.3 Å². The van der Waals surface area contributed by atoms with Crippen molar-refractivity contribution >= 4 is 23.2 Å². The predicted molar refractivity (Wildman–Crippen MR) is 77.7 cm³/mol. The Morgan fingerprint density at radius 3 is 3.00 bits per heavy atom. The lowest BCUT2D eigenvalue weighted by Crippen LogP contribution is -2.17. The van der Waals surface area contributed by atoms with Crippen molar-refractivity contribution in [3.8, 4) is 0 Å². The summed E-state index contributed by atoms with van der Waals surface area (Å²) in [6.07, 6.45) is 4.92. The molecule has 6 heteroatoms. The lowest BCUT2D eigenvalue weighted by molar-refractivity contribution is 0.489. The first-order valence-electron chi connectivity index (χ1n) is 6.71. The van der Waals surface area contributed by atoms with E-state index in [0.717, 1.165) is 24.5 Å². The number of hydrogen-bond acceptors (Lipinski definition) is 4. The van der Waals surface area contributed by atoms with Gasteiger partial charge < -0.3 is 5.32 Å². The molecule has 0 aliphatic heterocycles. The molecule has 0 aliphatic rings. The summed E-state index contributed by atoms with van der Waals surface area (Å²) in [6, 6.07) is 1.99. The van der Waals surface area contributed by atoms with E-state index in [4.69, 9.17) is 11.6 Å². The topological polar surface area (TPSA) is 55.1 Å². The van der Waals surface area contributed by atoms with E-state index in [1.807, 2.05) is 13.0 Å². The summed E-state index contributed by atoms with van der Waals surface area (Å²) in [7, 11) is 0. The number of halogens is 1. The highest BCUT2D eigenvalue weighted by atomic mass is 35.5. The van der Waals surface area contributed by atoms with Crippen molar-refractivity contribution < 1.29 is 0 Å². The monoisotopic (exact) mass is 281 g/mol. The Bertz CT molecular complexity index is 519. The summed E-state index contributed by atoms with van der Waals surface area (Å²) in [5.74, 6) is 2.87. The molecule has 0 aromatic carbocycles. The van der Waals surface area contributed by atoms with Crippen LogP contribution < -0.4 is 5.32 Å². The van der Waals surface area contributed by atoms with E-state index in [0.29, 0.717) is 17.6 Å². The smallest absolute Gasteiger partial charge is 0.254 e. The van der Waals surface area contributed by atoms with Crippen LogP contribution in [0.5, 0.6) is 0 Å². The average molecular weight is 282 g/mol.